The molecule has 0 saturated heterocycles. The fourth-order valence-electron chi connectivity index (χ4n) is 13.8. The number of rotatable bonds is 7. The number of nitrogens with zero attached hydrogens (tertiary/aromatic N) is 1. The maximum Gasteiger partial charge on any atom is 0.0471 e. The number of anilines is 3. The summed E-state index contributed by atoms with van der Waals surface area (Å²) >= 11 is 0. The second-order valence-electron chi connectivity index (χ2n) is 19.8. The number of hydrogen-bond donors (Lipinski definition) is 0. The highest BCUT2D eigenvalue weighted by atomic mass is 15.1. The summed E-state index contributed by atoms with van der Waals surface area (Å²) in [6, 6.07) is 75.5. The first kappa shape index (κ1) is 38.5. The monoisotopic (exact) mass is 835 g/mol. The third-order valence-corrected chi connectivity index (χ3v) is 16.3. The van der Waals surface area contributed by atoms with Crippen LogP contribution >= 0.6 is 0 Å². The summed E-state index contributed by atoms with van der Waals surface area (Å²) in [7, 11) is 0. The minimum atomic E-state index is -0.0521. The molecule has 65 heavy (non-hydrogen) atoms. The minimum Gasteiger partial charge on any atom is -0.310 e. The maximum atomic E-state index is 2.68. The number of fused-ring (bicyclic) bond motifs is 4. The summed E-state index contributed by atoms with van der Waals surface area (Å²) in [4.78, 5) is 2.54. The third kappa shape index (κ3) is 6.05. The van der Waals surface area contributed by atoms with Gasteiger partial charge in [0.25, 0.3) is 0 Å². The molecule has 4 bridgehead atoms. The van der Waals surface area contributed by atoms with Crippen LogP contribution in [0.25, 0.3) is 66.4 Å². The summed E-state index contributed by atoms with van der Waals surface area (Å²) in [5.74, 6) is 2.94. The number of benzene rings is 9. The smallest absolute Gasteiger partial charge is 0.0471 e. The van der Waals surface area contributed by atoms with E-state index in [0.29, 0.717) is 11.8 Å². The van der Waals surface area contributed by atoms with Crippen molar-refractivity contribution in [3.8, 4) is 55.6 Å². The maximum absolute atomic E-state index is 2.68. The van der Waals surface area contributed by atoms with E-state index in [1.807, 2.05) is 0 Å². The highest BCUT2D eigenvalue weighted by Gasteiger charge is 2.62. The molecule has 314 valence electrons. The summed E-state index contributed by atoms with van der Waals surface area (Å²) in [6.07, 6.45) is 6.76. The van der Waals surface area contributed by atoms with Crippen molar-refractivity contribution in [1.29, 1.82) is 0 Å². The Kier molecular flexibility index (Phi) is 8.92. The topological polar surface area (TPSA) is 3.24 Å². The molecular weight excluding hydrogens is 783 g/mol. The van der Waals surface area contributed by atoms with E-state index < -0.39 is 0 Å². The van der Waals surface area contributed by atoms with Gasteiger partial charge in [-0.25, -0.2) is 0 Å². The van der Waals surface area contributed by atoms with Gasteiger partial charge in [0.1, 0.15) is 0 Å². The van der Waals surface area contributed by atoms with E-state index >= 15 is 0 Å². The third-order valence-electron chi connectivity index (χ3n) is 16.3. The predicted octanol–water partition coefficient (Wildman–Crippen LogP) is 17.3. The number of para-hydroxylation sites is 1. The van der Waals surface area contributed by atoms with Crippen molar-refractivity contribution in [3.63, 3.8) is 0 Å². The first-order chi connectivity index (χ1) is 32.0. The van der Waals surface area contributed by atoms with Gasteiger partial charge < -0.3 is 4.90 Å². The first-order valence-corrected chi connectivity index (χ1v) is 24.0. The molecule has 0 N–H and O–H groups in total. The van der Waals surface area contributed by atoms with Crippen LogP contribution < -0.4 is 4.90 Å². The largest absolute Gasteiger partial charge is 0.310 e. The fourth-order valence-corrected chi connectivity index (χ4v) is 13.8. The van der Waals surface area contributed by atoms with E-state index in [1.54, 1.807) is 11.1 Å². The molecule has 0 aromatic heterocycles. The van der Waals surface area contributed by atoms with Crippen LogP contribution in [0.15, 0.2) is 200 Å². The number of hydrogen-bond acceptors (Lipinski definition) is 1. The summed E-state index contributed by atoms with van der Waals surface area (Å²) in [5, 5.41) is 2.58. The molecule has 1 nitrogen and oxygen atoms in total. The molecule has 0 aliphatic heterocycles. The average Bonchev–Trinajstić information content (AvgIpc) is 3.64. The molecule has 4 fully saturated rings. The molecule has 14 rings (SSSR count). The lowest BCUT2D eigenvalue weighted by atomic mass is 9.43. The van der Waals surface area contributed by atoms with Crippen LogP contribution in [0.5, 0.6) is 0 Å². The molecular formula is C64H53N. The van der Waals surface area contributed by atoms with Crippen LogP contribution in [0.4, 0.5) is 17.1 Å². The van der Waals surface area contributed by atoms with E-state index in [0.717, 1.165) is 11.8 Å². The van der Waals surface area contributed by atoms with Crippen molar-refractivity contribution >= 4 is 27.8 Å². The first-order valence-electron chi connectivity index (χ1n) is 24.0. The Hall–Kier alpha value is -6.96. The van der Waals surface area contributed by atoms with E-state index in [4.69, 9.17) is 0 Å². The van der Waals surface area contributed by atoms with E-state index in [-0.39, 0.29) is 5.41 Å². The van der Waals surface area contributed by atoms with Gasteiger partial charge >= 0.3 is 0 Å². The zero-order chi connectivity index (χ0) is 43.2. The molecule has 0 radical (unpaired) electrons. The molecule has 0 atom stereocenters. The van der Waals surface area contributed by atoms with Crippen LogP contribution in [0, 0.1) is 37.5 Å². The van der Waals surface area contributed by atoms with Crippen molar-refractivity contribution in [1.82, 2.24) is 0 Å². The lowest BCUT2D eigenvalue weighted by Crippen LogP contribution is -2.55. The van der Waals surface area contributed by atoms with Gasteiger partial charge in [0.15, 0.2) is 0 Å². The van der Waals surface area contributed by atoms with Crippen molar-refractivity contribution in [3.05, 3.63) is 222 Å². The Bertz CT molecular complexity index is 3250. The van der Waals surface area contributed by atoms with Crippen LogP contribution in [-0.2, 0) is 5.41 Å². The Morgan fingerprint density at radius 2 is 0.954 bits per heavy atom. The fraction of sp³-hybridized carbons (Fsp3) is 0.188. The molecule has 1 heteroatoms. The number of aryl methyl sites for hydroxylation is 2. The molecule has 9 aromatic carbocycles. The van der Waals surface area contributed by atoms with Gasteiger partial charge in [0.05, 0.1) is 0 Å². The van der Waals surface area contributed by atoms with Crippen molar-refractivity contribution in [2.75, 3.05) is 4.90 Å². The molecule has 5 aliphatic carbocycles. The SMILES string of the molecule is Cc1ccccc1-c1cc(N(c2ccccc2)c2cccc(-c3ccccc3)c2)cc2c1-c1c(C)cc(-c3ccc(-c4cccc5ccccc45)cc3)cc1C21C2CC3CC(C2)CC1C3. The second-order valence-corrected chi connectivity index (χ2v) is 19.8. The summed E-state index contributed by atoms with van der Waals surface area (Å²) in [6.45, 7) is 4.71. The second kappa shape index (κ2) is 15.1. The van der Waals surface area contributed by atoms with Gasteiger partial charge in [-0.1, -0.05) is 158 Å². The Morgan fingerprint density at radius 3 is 1.72 bits per heavy atom. The van der Waals surface area contributed by atoms with Crippen LogP contribution in [0.1, 0.15) is 54.4 Å². The highest BCUT2D eigenvalue weighted by Crippen LogP contribution is 2.71. The lowest BCUT2D eigenvalue weighted by molar-refractivity contribution is -0.0399. The Balaban J connectivity index is 1.04. The quantitative estimate of drug-likeness (QED) is 0.155. The van der Waals surface area contributed by atoms with Crippen molar-refractivity contribution in [2.24, 2.45) is 23.7 Å². The highest BCUT2D eigenvalue weighted by molar-refractivity contribution is 6.00. The molecule has 5 aliphatic rings. The minimum absolute atomic E-state index is 0.0521. The van der Waals surface area contributed by atoms with Crippen LogP contribution in [0.3, 0.4) is 0 Å². The van der Waals surface area contributed by atoms with Crippen molar-refractivity contribution in [2.45, 2.75) is 51.4 Å². The van der Waals surface area contributed by atoms with Gasteiger partial charge in [0, 0.05) is 22.5 Å². The molecule has 4 saturated carbocycles. The molecule has 0 heterocycles. The average molecular weight is 836 g/mol. The van der Waals surface area contributed by atoms with Gasteiger partial charge in [-0.2, -0.15) is 0 Å². The van der Waals surface area contributed by atoms with Crippen molar-refractivity contribution < 1.29 is 0 Å². The van der Waals surface area contributed by atoms with Gasteiger partial charge in [0.2, 0.25) is 0 Å². The molecule has 0 unspecified atom stereocenters. The van der Waals surface area contributed by atoms with Gasteiger partial charge in [-0.3, -0.25) is 0 Å². The Labute approximate surface area is 384 Å². The van der Waals surface area contributed by atoms with Crippen LogP contribution in [-0.4, -0.2) is 0 Å². The van der Waals surface area contributed by atoms with E-state index in [2.05, 4.69) is 219 Å². The lowest BCUT2D eigenvalue weighted by Gasteiger charge is -2.61. The van der Waals surface area contributed by atoms with Gasteiger partial charge in [-0.05, 0) is 201 Å². The van der Waals surface area contributed by atoms with E-state index in [1.165, 1.54) is 127 Å². The zero-order valence-electron chi connectivity index (χ0n) is 37.3. The predicted molar refractivity (Wildman–Crippen MR) is 273 cm³/mol. The standard InChI is InChI=1S/C64H53N/c1-41-15-9-11-24-56(41)59-39-55(65(53-21-7-4-8-22-53)54-23-13-20-49(37-54)45-16-5-3-6-17-45)40-61-63(59)62-42(2)31-50(38-60(62)64(61)51-33-43-32-44(35-51)36-52(64)34-43)46-27-29-48(30-28-46)58-26-14-19-47-18-10-12-25-57(47)58/h3-31,37-40,43-44,51-52H,32-36H2,1-2H3. The molecule has 1 spiro atoms. The van der Waals surface area contributed by atoms with Crippen LogP contribution in [0.2, 0.25) is 0 Å². The van der Waals surface area contributed by atoms with E-state index in [9.17, 15) is 0 Å². The zero-order valence-corrected chi connectivity index (χ0v) is 37.3. The summed E-state index contributed by atoms with van der Waals surface area (Å²) in [5.41, 5.74) is 22.7. The Morgan fingerprint density at radius 1 is 0.369 bits per heavy atom. The van der Waals surface area contributed by atoms with Gasteiger partial charge in [-0.15, -0.1) is 0 Å². The normalized spacial score (nSPS) is 21.1. The molecule has 0 amide bonds. The summed E-state index contributed by atoms with van der Waals surface area (Å²) < 4.78 is 0. The molecule has 9 aromatic rings.